The number of methoxy groups -OCH3 is 2. The van der Waals surface area contributed by atoms with E-state index in [2.05, 4.69) is 15.3 Å². The van der Waals surface area contributed by atoms with Crippen LogP contribution in [0, 0.1) is 6.92 Å². The Hall–Kier alpha value is -4.15. The molecule has 2 aliphatic heterocycles. The van der Waals surface area contributed by atoms with Crippen LogP contribution in [-0.4, -0.2) is 45.6 Å². The van der Waals surface area contributed by atoms with E-state index in [1.54, 1.807) is 30.3 Å². The van der Waals surface area contributed by atoms with Crippen LogP contribution in [0.3, 0.4) is 0 Å². The van der Waals surface area contributed by atoms with Gasteiger partial charge >= 0.3 is 6.01 Å². The van der Waals surface area contributed by atoms with E-state index < -0.39 is 17.4 Å². The van der Waals surface area contributed by atoms with Gasteiger partial charge in [0.2, 0.25) is 5.88 Å². The molecule has 12 heteroatoms. The van der Waals surface area contributed by atoms with E-state index in [1.807, 2.05) is 24.5 Å². The Balaban J connectivity index is 1.70. The summed E-state index contributed by atoms with van der Waals surface area (Å²) in [6.07, 6.45) is 1.52. The van der Waals surface area contributed by atoms with Crippen LogP contribution < -0.4 is 19.7 Å². The van der Waals surface area contributed by atoms with Gasteiger partial charge in [-0.15, -0.1) is 0 Å². The average Bonchev–Trinajstić information content (AvgIpc) is 3.53. The zero-order chi connectivity index (χ0) is 27.6. The van der Waals surface area contributed by atoms with Crippen LogP contribution in [0.2, 0.25) is 10.0 Å². The van der Waals surface area contributed by atoms with Crippen LogP contribution >= 0.6 is 23.2 Å². The number of aryl methyl sites for hydroxylation is 1. The van der Waals surface area contributed by atoms with E-state index >= 15 is 0 Å². The molecule has 0 radical (unpaired) electrons. The highest BCUT2D eigenvalue weighted by Crippen LogP contribution is 2.54. The summed E-state index contributed by atoms with van der Waals surface area (Å²) in [5.41, 5.74) is 1.75. The maximum atomic E-state index is 14.3. The summed E-state index contributed by atoms with van der Waals surface area (Å²) in [4.78, 5) is 43.3. The number of nitrogens with zero attached hydrogens (tertiary/aromatic N) is 5. The van der Waals surface area contributed by atoms with Gasteiger partial charge in [-0.2, -0.15) is 4.98 Å². The van der Waals surface area contributed by atoms with E-state index in [0.717, 1.165) is 5.56 Å². The van der Waals surface area contributed by atoms with Gasteiger partial charge in [-0.05, 0) is 43.7 Å². The second-order valence-corrected chi connectivity index (χ2v) is 9.96. The van der Waals surface area contributed by atoms with Gasteiger partial charge in [0.1, 0.15) is 5.82 Å². The number of fused-ring (bicyclic) bond motifs is 4. The van der Waals surface area contributed by atoms with Crippen LogP contribution in [0.5, 0.6) is 11.9 Å². The zero-order valence-corrected chi connectivity index (χ0v) is 22.9. The third-order valence-electron chi connectivity index (χ3n) is 7.08. The standard InChI is InChI=1S/C27H22Cl2N6O4/c1-5-34-21-20(32-22(34)16-12-30-26(39-4)33-23(16)38-3)24(36)35(19-11-15(29)7-6-13(19)2)27(21)17-9-8-14(28)10-18(17)31-25(27)37/h6-12H,5H2,1-4H3,(H,31,37)/t27-/m1/s1. The van der Waals surface area contributed by atoms with Gasteiger partial charge in [-0.25, -0.2) is 9.97 Å². The lowest BCUT2D eigenvalue weighted by Crippen LogP contribution is -2.51. The summed E-state index contributed by atoms with van der Waals surface area (Å²) in [5.74, 6) is -0.264. The van der Waals surface area contributed by atoms with Crippen molar-refractivity contribution >= 4 is 46.4 Å². The number of anilines is 2. The third-order valence-corrected chi connectivity index (χ3v) is 7.55. The van der Waals surface area contributed by atoms with Crippen LogP contribution in [0.1, 0.15) is 34.2 Å². The molecule has 1 atom stereocenters. The Bertz CT molecular complexity index is 1700. The number of hydrogen-bond acceptors (Lipinski definition) is 7. The van der Waals surface area contributed by atoms with Crippen molar-refractivity contribution in [2.24, 2.45) is 0 Å². The minimum atomic E-state index is -1.58. The number of hydrogen-bond donors (Lipinski definition) is 1. The molecular weight excluding hydrogens is 543 g/mol. The number of carbonyl (C=O) groups is 2. The predicted molar refractivity (Wildman–Crippen MR) is 146 cm³/mol. The first-order chi connectivity index (χ1) is 18.8. The normalized spacial score (nSPS) is 17.4. The molecule has 10 nitrogen and oxygen atoms in total. The number of imidazole rings is 1. The van der Waals surface area contributed by atoms with Crippen molar-refractivity contribution in [2.45, 2.75) is 25.9 Å². The Morgan fingerprint density at radius 1 is 1.03 bits per heavy atom. The molecule has 2 amide bonds. The fourth-order valence-corrected chi connectivity index (χ4v) is 5.78. The summed E-state index contributed by atoms with van der Waals surface area (Å²) >= 11 is 12.7. The fraction of sp³-hybridized carbons (Fsp3) is 0.222. The second-order valence-electron chi connectivity index (χ2n) is 9.08. The van der Waals surface area contributed by atoms with Gasteiger partial charge in [-0.3, -0.25) is 14.5 Å². The number of carbonyl (C=O) groups excluding carboxylic acids is 2. The number of amides is 2. The first kappa shape index (κ1) is 25.1. The molecule has 39 heavy (non-hydrogen) atoms. The van der Waals surface area contributed by atoms with Gasteiger partial charge in [0.05, 0.1) is 31.2 Å². The van der Waals surface area contributed by atoms with Gasteiger partial charge in [-0.1, -0.05) is 35.3 Å². The largest absolute Gasteiger partial charge is 0.480 e. The SMILES string of the molecule is CCn1c(-c2cnc(OC)nc2OC)nc2c1[C@]1(C(=O)Nc3cc(Cl)ccc31)N(c1cc(Cl)ccc1C)C2=O. The van der Waals surface area contributed by atoms with Gasteiger partial charge < -0.3 is 19.4 Å². The van der Waals surface area contributed by atoms with Crippen molar-refractivity contribution in [3.8, 4) is 23.3 Å². The van der Waals surface area contributed by atoms with Crippen LogP contribution in [0.25, 0.3) is 11.4 Å². The smallest absolute Gasteiger partial charge is 0.319 e. The lowest BCUT2D eigenvalue weighted by molar-refractivity contribution is -0.119. The molecule has 0 aliphatic carbocycles. The summed E-state index contributed by atoms with van der Waals surface area (Å²) in [6, 6.07) is 10.5. The highest BCUT2D eigenvalue weighted by Gasteiger charge is 2.64. The van der Waals surface area contributed by atoms with Crippen molar-refractivity contribution in [1.82, 2.24) is 19.5 Å². The van der Waals surface area contributed by atoms with Crippen molar-refractivity contribution in [2.75, 3.05) is 24.4 Å². The second kappa shape index (κ2) is 8.96. The first-order valence-corrected chi connectivity index (χ1v) is 12.8. The maximum Gasteiger partial charge on any atom is 0.319 e. The average molecular weight is 565 g/mol. The van der Waals surface area contributed by atoms with Crippen molar-refractivity contribution in [1.29, 1.82) is 0 Å². The highest BCUT2D eigenvalue weighted by molar-refractivity contribution is 6.32. The lowest BCUT2D eigenvalue weighted by atomic mass is 9.87. The quantitative estimate of drug-likeness (QED) is 0.368. The third kappa shape index (κ3) is 3.38. The van der Waals surface area contributed by atoms with Crippen molar-refractivity contribution in [3.05, 3.63) is 75.2 Å². The van der Waals surface area contributed by atoms with E-state index in [1.165, 1.54) is 25.3 Å². The molecule has 6 rings (SSSR count). The lowest BCUT2D eigenvalue weighted by Gasteiger charge is -2.35. The summed E-state index contributed by atoms with van der Waals surface area (Å²) in [7, 11) is 2.92. The molecule has 4 aromatic rings. The van der Waals surface area contributed by atoms with Crippen LogP contribution in [-0.2, 0) is 16.9 Å². The molecule has 2 aliphatic rings. The fourth-order valence-electron chi connectivity index (χ4n) is 5.45. The predicted octanol–water partition coefficient (Wildman–Crippen LogP) is 4.85. The van der Waals surface area contributed by atoms with Gasteiger partial charge in [0, 0.05) is 34.0 Å². The minimum absolute atomic E-state index is 0.119. The van der Waals surface area contributed by atoms with Crippen LogP contribution in [0.15, 0.2) is 42.6 Å². The van der Waals surface area contributed by atoms with E-state index in [-0.39, 0.29) is 17.6 Å². The maximum absolute atomic E-state index is 14.3. The monoisotopic (exact) mass is 564 g/mol. The molecule has 0 saturated carbocycles. The zero-order valence-electron chi connectivity index (χ0n) is 21.4. The number of ether oxygens (including phenoxy) is 2. The Kier molecular flexibility index (Phi) is 5.78. The van der Waals surface area contributed by atoms with E-state index in [9.17, 15) is 9.59 Å². The van der Waals surface area contributed by atoms with Crippen molar-refractivity contribution in [3.63, 3.8) is 0 Å². The molecule has 2 aromatic heterocycles. The molecule has 0 bridgehead atoms. The molecule has 1 N–H and O–H groups in total. The molecule has 1 spiro atoms. The topological polar surface area (TPSA) is 111 Å². The first-order valence-electron chi connectivity index (χ1n) is 12.0. The summed E-state index contributed by atoms with van der Waals surface area (Å²) in [6.45, 7) is 4.14. The number of rotatable bonds is 5. The Labute approximate surface area is 233 Å². The van der Waals surface area contributed by atoms with E-state index in [4.69, 9.17) is 37.7 Å². The number of benzene rings is 2. The summed E-state index contributed by atoms with van der Waals surface area (Å²) < 4.78 is 12.5. The highest BCUT2D eigenvalue weighted by atomic mass is 35.5. The number of halogens is 2. The molecule has 198 valence electrons. The molecule has 0 unspecified atom stereocenters. The molecule has 2 aromatic carbocycles. The summed E-state index contributed by atoms with van der Waals surface area (Å²) in [5, 5.41) is 3.82. The minimum Gasteiger partial charge on any atom is -0.480 e. The van der Waals surface area contributed by atoms with E-state index in [0.29, 0.717) is 50.6 Å². The van der Waals surface area contributed by atoms with Gasteiger partial charge in [0.15, 0.2) is 11.2 Å². The molecule has 0 fully saturated rings. The Morgan fingerprint density at radius 2 is 1.77 bits per heavy atom. The number of aromatic nitrogens is 4. The van der Waals surface area contributed by atoms with Crippen LogP contribution in [0.4, 0.5) is 11.4 Å². The molecule has 0 saturated heterocycles. The Morgan fingerprint density at radius 3 is 2.49 bits per heavy atom. The van der Waals surface area contributed by atoms with Gasteiger partial charge in [0.25, 0.3) is 11.8 Å². The molecule has 4 heterocycles. The van der Waals surface area contributed by atoms with Crippen molar-refractivity contribution < 1.29 is 19.1 Å². The number of nitrogens with one attached hydrogen (secondary N) is 1. The molecular formula is C27H22Cl2N6O4.